The van der Waals surface area contributed by atoms with E-state index in [2.05, 4.69) is 0 Å². The van der Waals surface area contributed by atoms with Crippen molar-refractivity contribution < 1.29 is 22.3 Å². The molecule has 0 aliphatic rings. The summed E-state index contributed by atoms with van der Waals surface area (Å²) in [5.41, 5.74) is 0.679. The minimum absolute atomic E-state index is 0.129. The number of allylic oxidation sites excluding steroid dienone is 2. The predicted octanol–water partition coefficient (Wildman–Crippen LogP) is 6.76. The van der Waals surface area contributed by atoms with Gasteiger partial charge in [-0.25, -0.2) is 8.78 Å². The summed E-state index contributed by atoms with van der Waals surface area (Å²) >= 11 is 0. The van der Waals surface area contributed by atoms with E-state index in [0.29, 0.717) is 5.39 Å². The molecule has 3 rings (SSSR count). The zero-order valence-electron chi connectivity index (χ0n) is 14.7. The summed E-state index contributed by atoms with van der Waals surface area (Å²) in [5.74, 6) is -2.16. The van der Waals surface area contributed by atoms with E-state index in [9.17, 15) is 17.6 Å². The van der Waals surface area contributed by atoms with Crippen LogP contribution in [0.4, 0.5) is 17.6 Å². The molecule has 0 saturated carbocycles. The van der Waals surface area contributed by atoms with E-state index in [1.54, 1.807) is 12.1 Å². The van der Waals surface area contributed by atoms with Crippen LogP contribution in [0.5, 0.6) is 5.75 Å². The first-order chi connectivity index (χ1) is 12.9. The first-order valence-electron chi connectivity index (χ1n) is 8.55. The maximum Gasteiger partial charge on any atom is 0.426 e. The third-order valence-corrected chi connectivity index (χ3v) is 4.22. The number of alkyl halides is 2. The van der Waals surface area contributed by atoms with Crippen LogP contribution in [0, 0.1) is 11.6 Å². The molecule has 0 spiro atoms. The number of rotatable bonds is 6. The summed E-state index contributed by atoms with van der Waals surface area (Å²) in [6.07, 6.45) is 2.02. The van der Waals surface area contributed by atoms with Crippen LogP contribution in [0.3, 0.4) is 0 Å². The fourth-order valence-electron chi connectivity index (χ4n) is 2.77. The Morgan fingerprint density at radius 2 is 1.56 bits per heavy atom. The minimum Gasteiger partial charge on any atom is -0.429 e. The fourth-order valence-corrected chi connectivity index (χ4v) is 2.77. The molecule has 0 bridgehead atoms. The molecule has 0 amide bonds. The first-order valence-corrected chi connectivity index (χ1v) is 8.55. The average molecular weight is 374 g/mol. The number of hydrogen-bond donors (Lipinski definition) is 0. The number of benzene rings is 3. The zero-order valence-corrected chi connectivity index (χ0v) is 14.7. The topological polar surface area (TPSA) is 9.23 Å². The molecular weight excluding hydrogens is 356 g/mol. The van der Waals surface area contributed by atoms with Crippen molar-refractivity contribution in [2.45, 2.75) is 25.9 Å². The van der Waals surface area contributed by atoms with Gasteiger partial charge < -0.3 is 4.74 Å². The smallest absolute Gasteiger partial charge is 0.426 e. The normalized spacial score (nSPS) is 12.0. The van der Waals surface area contributed by atoms with Crippen molar-refractivity contribution in [3.8, 4) is 5.75 Å². The molecule has 0 fully saturated rings. The molecule has 3 aromatic rings. The van der Waals surface area contributed by atoms with Crippen LogP contribution in [0.1, 0.15) is 24.5 Å². The summed E-state index contributed by atoms with van der Waals surface area (Å²) < 4.78 is 60.4. The van der Waals surface area contributed by atoms with E-state index in [4.69, 9.17) is 4.74 Å². The Morgan fingerprint density at radius 1 is 0.889 bits per heavy atom. The molecule has 0 aromatic heterocycles. The quantitative estimate of drug-likeness (QED) is 0.342. The molecule has 3 aromatic carbocycles. The average Bonchev–Trinajstić information content (AvgIpc) is 2.63. The Morgan fingerprint density at radius 3 is 2.22 bits per heavy atom. The maximum atomic E-state index is 14.5. The van der Waals surface area contributed by atoms with Gasteiger partial charge >= 0.3 is 6.11 Å². The van der Waals surface area contributed by atoms with E-state index >= 15 is 0 Å². The predicted molar refractivity (Wildman–Crippen MR) is 98.0 cm³/mol. The fraction of sp³-hybridized carbons (Fsp3) is 0.182. The third kappa shape index (κ3) is 4.48. The summed E-state index contributed by atoms with van der Waals surface area (Å²) in [6.45, 7) is 1.93. The van der Waals surface area contributed by atoms with Crippen molar-refractivity contribution in [2.75, 3.05) is 0 Å². The Kier molecular flexibility index (Phi) is 5.49. The van der Waals surface area contributed by atoms with Gasteiger partial charge in [0.2, 0.25) is 0 Å². The molecule has 0 aliphatic heterocycles. The molecule has 0 heterocycles. The molecule has 5 heteroatoms. The zero-order chi connectivity index (χ0) is 19.4. The monoisotopic (exact) mass is 374 g/mol. The Balaban J connectivity index is 1.79. The Hall–Kier alpha value is -2.82. The number of halogens is 4. The molecule has 0 atom stereocenters. The molecule has 0 unspecified atom stereocenters. The number of ether oxygens (including phenoxy) is 1. The van der Waals surface area contributed by atoms with Crippen molar-refractivity contribution in [1.82, 2.24) is 0 Å². The molecule has 0 radical (unpaired) electrons. The molecule has 0 N–H and O–H groups in total. The summed E-state index contributed by atoms with van der Waals surface area (Å²) in [7, 11) is 0. The lowest BCUT2D eigenvalue weighted by molar-refractivity contribution is -0.185. The van der Waals surface area contributed by atoms with E-state index in [1.807, 2.05) is 19.1 Å². The molecule has 140 valence electrons. The number of aryl methyl sites for hydroxylation is 1. The van der Waals surface area contributed by atoms with E-state index < -0.39 is 17.7 Å². The minimum atomic E-state index is -3.55. The standard InChI is InChI=1S/C22H18F4O/c1-2-3-4-5-15-6-9-18(10-7-15)22(25,26)27-19-11-8-16-13-20(23)21(24)14-17(16)12-19/h2-3,6-14H,4-5H2,1H3/b3-2+. The Labute approximate surface area is 154 Å². The van der Waals surface area contributed by atoms with Crippen molar-refractivity contribution in [3.05, 3.63) is 89.5 Å². The molecule has 0 saturated heterocycles. The molecule has 1 nitrogen and oxygen atoms in total. The lowest BCUT2D eigenvalue weighted by atomic mass is 10.1. The largest absolute Gasteiger partial charge is 0.429 e. The van der Waals surface area contributed by atoms with Crippen molar-refractivity contribution in [2.24, 2.45) is 0 Å². The lowest BCUT2D eigenvalue weighted by Crippen LogP contribution is -2.21. The summed E-state index contributed by atoms with van der Waals surface area (Å²) in [6, 6.07) is 11.9. The van der Waals surface area contributed by atoms with Gasteiger partial charge in [-0.15, -0.1) is 0 Å². The highest BCUT2D eigenvalue weighted by atomic mass is 19.3. The van der Waals surface area contributed by atoms with Crippen molar-refractivity contribution in [1.29, 1.82) is 0 Å². The first kappa shape index (κ1) is 19.0. The van der Waals surface area contributed by atoms with E-state index in [-0.39, 0.29) is 16.7 Å². The number of fused-ring (bicyclic) bond motifs is 1. The van der Waals surface area contributed by atoms with Crippen LogP contribution < -0.4 is 4.74 Å². The van der Waals surface area contributed by atoms with Crippen molar-refractivity contribution >= 4 is 10.8 Å². The van der Waals surface area contributed by atoms with Gasteiger partial charge in [0.15, 0.2) is 11.6 Å². The van der Waals surface area contributed by atoms with Gasteiger partial charge in [-0.3, -0.25) is 0 Å². The summed E-state index contributed by atoms with van der Waals surface area (Å²) in [5, 5.41) is 0.677. The number of hydrogen-bond acceptors (Lipinski definition) is 1. The third-order valence-electron chi connectivity index (χ3n) is 4.22. The van der Waals surface area contributed by atoms with Crippen LogP contribution in [-0.2, 0) is 12.5 Å². The SMILES string of the molecule is C/C=C/CCc1ccc(C(F)(F)Oc2ccc3cc(F)c(F)cc3c2)cc1. The van der Waals surface area contributed by atoms with E-state index in [1.165, 1.54) is 30.3 Å². The van der Waals surface area contributed by atoms with Gasteiger partial charge in [0.1, 0.15) is 5.75 Å². The second kappa shape index (κ2) is 7.82. The summed E-state index contributed by atoms with van der Waals surface area (Å²) in [4.78, 5) is 0. The van der Waals surface area contributed by atoms with Gasteiger partial charge in [0, 0.05) is 0 Å². The molecule has 27 heavy (non-hydrogen) atoms. The van der Waals surface area contributed by atoms with Crippen LogP contribution in [-0.4, -0.2) is 0 Å². The Bertz CT molecular complexity index is 962. The molecular formula is C22H18F4O. The second-order valence-corrected chi connectivity index (χ2v) is 6.20. The molecule has 0 aliphatic carbocycles. The van der Waals surface area contributed by atoms with Gasteiger partial charge in [0.25, 0.3) is 0 Å². The van der Waals surface area contributed by atoms with Crippen molar-refractivity contribution in [3.63, 3.8) is 0 Å². The van der Waals surface area contributed by atoms with E-state index in [0.717, 1.165) is 30.5 Å². The van der Waals surface area contributed by atoms with Gasteiger partial charge in [-0.05, 0) is 72.5 Å². The van der Waals surface area contributed by atoms with Crippen LogP contribution >= 0.6 is 0 Å². The maximum absolute atomic E-state index is 14.5. The van der Waals surface area contributed by atoms with Crippen LogP contribution in [0.25, 0.3) is 10.8 Å². The van der Waals surface area contributed by atoms with Gasteiger partial charge in [0.05, 0.1) is 5.56 Å². The van der Waals surface area contributed by atoms with Crippen LogP contribution in [0.15, 0.2) is 66.7 Å². The highest BCUT2D eigenvalue weighted by molar-refractivity contribution is 5.84. The van der Waals surface area contributed by atoms with Gasteiger partial charge in [-0.2, -0.15) is 8.78 Å². The van der Waals surface area contributed by atoms with Gasteiger partial charge in [-0.1, -0.05) is 30.4 Å². The highest BCUT2D eigenvalue weighted by Gasteiger charge is 2.34. The second-order valence-electron chi connectivity index (χ2n) is 6.20. The lowest BCUT2D eigenvalue weighted by Gasteiger charge is -2.19. The highest BCUT2D eigenvalue weighted by Crippen LogP contribution is 2.33. The van der Waals surface area contributed by atoms with Crippen LogP contribution in [0.2, 0.25) is 0 Å².